The van der Waals surface area contributed by atoms with Crippen LogP contribution in [0.2, 0.25) is 5.02 Å². The summed E-state index contributed by atoms with van der Waals surface area (Å²) in [5.41, 5.74) is 8.25. The molecule has 0 unspecified atom stereocenters. The van der Waals surface area contributed by atoms with Crippen LogP contribution in [0.4, 0.5) is 17.3 Å². The van der Waals surface area contributed by atoms with E-state index in [9.17, 15) is 0 Å². The summed E-state index contributed by atoms with van der Waals surface area (Å²) in [7, 11) is 6.02. The molecule has 12 heteroatoms. The number of halogens is 1. The first-order valence-corrected chi connectivity index (χ1v) is 17.6. The summed E-state index contributed by atoms with van der Waals surface area (Å²) < 4.78 is 7.91. The van der Waals surface area contributed by atoms with Crippen LogP contribution >= 0.6 is 22.9 Å². The van der Waals surface area contributed by atoms with Crippen molar-refractivity contribution < 1.29 is 4.74 Å². The van der Waals surface area contributed by atoms with Gasteiger partial charge in [-0.3, -0.25) is 4.40 Å². The average molecular weight is 690 g/mol. The van der Waals surface area contributed by atoms with Crippen LogP contribution in [0.1, 0.15) is 24.2 Å². The molecule has 2 N–H and O–H groups in total. The Kier molecular flexibility index (Phi) is 8.40. The van der Waals surface area contributed by atoms with Crippen molar-refractivity contribution in [1.29, 1.82) is 0 Å². The number of methoxy groups -OCH3 is 1. The van der Waals surface area contributed by atoms with Crippen LogP contribution in [0, 0.1) is 0 Å². The number of imidazole rings is 2. The Labute approximate surface area is 293 Å². The molecule has 1 aliphatic heterocycles. The number of thiazole rings is 1. The van der Waals surface area contributed by atoms with Crippen molar-refractivity contribution in [3.63, 3.8) is 0 Å². The van der Waals surface area contributed by atoms with Gasteiger partial charge in [-0.25, -0.2) is 19.9 Å². The molecule has 1 saturated heterocycles. The van der Waals surface area contributed by atoms with Crippen molar-refractivity contribution in [3.05, 3.63) is 101 Å². The van der Waals surface area contributed by atoms with Gasteiger partial charge in [0.05, 0.1) is 35.2 Å². The van der Waals surface area contributed by atoms with Gasteiger partial charge in [0.15, 0.2) is 4.96 Å². The lowest BCUT2D eigenvalue weighted by Gasteiger charge is -2.36. The molecule has 0 radical (unpaired) electrons. The van der Waals surface area contributed by atoms with E-state index < -0.39 is 0 Å². The maximum atomic E-state index is 6.43. The number of anilines is 3. The Morgan fingerprint density at radius 1 is 1.02 bits per heavy atom. The first-order valence-electron chi connectivity index (χ1n) is 16.3. The van der Waals surface area contributed by atoms with Crippen molar-refractivity contribution in [1.82, 2.24) is 34.2 Å². The van der Waals surface area contributed by atoms with E-state index in [-0.39, 0.29) is 0 Å². The van der Waals surface area contributed by atoms with E-state index in [1.165, 1.54) is 0 Å². The fourth-order valence-electron chi connectivity index (χ4n) is 6.64. The molecule has 3 aromatic carbocycles. The fraction of sp³-hybridized carbons (Fsp3) is 0.243. The quantitative estimate of drug-likeness (QED) is 0.158. The maximum Gasteiger partial charge on any atom is 0.227 e. The first kappa shape index (κ1) is 31.3. The molecule has 7 aromatic rings. The number of nitrogens with zero attached hydrogens (tertiary/aromatic N) is 7. The lowest BCUT2D eigenvalue weighted by molar-refractivity contribution is 0.249. The molecular weight excluding hydrogens is 654 g/mol. The van der Waals surface area contributed by atoms with Gasteiger partial charge in [-0.05, 0) is 68.9 Å². The van der Waals surface area contributed by atoms with Crippen LogP contribution in [0.25, 0.3) is 38.6 Å². The first-order chi connectivity index (χ1) is 23.9. The Hall–Kier alpha value is -4.97. The van der Waals surface area contributed by atoms with Gasteiger partial charge >= 0.3 is 0 Å². The van der Waals surface area contributed by atoms with Gasteiger partial charge in [-0.1, -0.05) is 35.9 Å². The van der Waals surface area contributed by atoms with E-state index in [1.807, 2.05) is 54.0 Å². The molecule has 1 aliphatic rings. The van der Waals surface area contributed by atoms with Gasteiger partial charge in [0.25, 0.3) is 0 Å². The molecule has 8 rings (SSSR count). The second kappa shape index (κ2) is 13.1. The Morgan fingerprint density at radius 3 is 2.69 bits per heavy atom. The van der Waals surface area contributed by atoms with Gasteiger partial charge in [0.1, 0.15) is 17.3 Å². The minimum absolute atomic E-state index is 0.472. The number of nitrogens with one attached hydrogen (secondary N) is 2. The van der Waals surface area contributed by atoms with E-state index >= 15 is 0 Å². The smallest absolute Gasteiger partial charge is 0.227 e. The highest BCUT2D eigenvalue weighted by molar-refractivity contribution is 7.15. The average Bonchev–Trinajstić information content (AvgIpc) is 3.84. The number of piperidine rings is 1. The number of hydrogen-bond acceptors (Lipinski definition) is 9. The van der Waals surface area contributed by atoms with Crippen molar-refractivity contribution in [2.45, 2.75) is 25.3 Å². The lowest BCUT2D eigenvalue weighted by atomic mass is 10.0. The third-order valence-electron chi connectivity index (χ3n) is 9.27. The zero-order valence-corrected chi connectivity index (χ0v) is 29.1. The highest BCUT2D eigenvalue weighted by Crippen LogP contribution is 2.36. The summed E-state index contributed by atoms with van der Waals surface area (Å²) in [5.74, 6) is 2.07. The molecule has 5 heterocycles. The highest BCUT2D eigenvalue weighted by atomic mass is 35.5. The predicted octanol–water partition coefficient (Wildman–Crippen LogP) is 7.92. The molecule has 0 atom stereocenters. The number of benzene rings is 3. The van der Waals surface area contributed by atoms with Crippen molar-refractivity contribution in [2.75, 3.05) is 44.5 Å². The molecule has 10 nitrogen and oxygen atoms in total. The molecule has 0 bridgehead atoms. The van der Waals surface area contributed by atoms with Crippen LogP contribution in [-0.4, -0.2) is 74.6 Å². The molecule has 0 aliphatic carbocycles. The van der Waals surface area contributed by atoms with Crippen molar-refractivity contribution >= 4 is 56.3 Å². The monoisotopic (exact) mass is 689 g/mol. The van der Waals surface area contributed by atoms with E-state index in [2.05, 4.69) is 67.8 Å². The number of aromatic amines is 1. The minimum atomic E-state index is 0.472. The van der Waals surface area contributed by atoms with Crippen LogP contribution in [0.3, 0.4) is 0 Å². The van der Waals surface area contributed by atoms with Gasteiger partial charge in [0, 0.05) is 65.7 Å². The Morgan fingerprint density at radius 2 is 1.88 bits per heavy atom. The fourth-order valence-corrected chi connectivity index (χ4v) is 7.56. The zero-order valence-electron chi connectivity index (χ0n) is 27.5. The zero-order chi connectivity index (χ0) is 33.5. The molecule has 49 heavy (non-hydrogen) atoms. The predicted molar refractivity (Wildman–Crippen MR) is 199 cm³/mol. The van der Waals surface area contributed by atoms with E-state index in [0.717, 1.165) is 98.1 Å². The van der Waals surface area contributed by atoms with Crippen molar-refractivity contribution in [3.8, 4) is 28.4 Å². The second-order valence-corrected chi connectivity index (χ2v) is 13.8. The van der Waals surface area contributed by atoms with Gasteiger partial charge in [-0.15, -0.1) is 11.3 Å². The van der Waals surface area contributed by atoms with Crippen molar-refractivity contribution in [2.24, 2.45) is 0 Å². The largest absolute Gasteiger partial charge is 0.494 e. The van der Waals surface area contributed by atoms with Crippen LogP contribution < -0.4 is 15.0 Å². The van der Waals surface area contributed by atoms with E-state index in [1.54, 1.807) is 24.6 Å². The molecule has 0 saturated carbocycles. The third kappa shape index (κ3) is 6.21. The van der Waals surface area contributed by atoms with Gasteiger partial charge in [0.2, 0.25) is 5.95 Å². The molecule has 0 amide bonds. The molecule has 1 fully saturated rings. The second-order valence-electron chi connectivity index (χ2n) is 12.5. The third-order valence-corrected chi connectivity index (χ3v) is 10.4. The summed E-state index contributed by atoms with van der Waals surface area (Å²) in [5, 5.41) is 6.17. The maximum absolute atomic E-state index is 6.43. The lowest BCUT2D eigenvalue weighted by Crippen LogP contribution is -2.41. The summed E-state index contributed by atoms with van der Waals surface area (Å²) in [4.78, 5) is 28.5. The van der Waals surface area contributed by atoms with Crippen LogP contribution in [0.5, 0.6) is 5.75 Å². The Balaban J connectivity index is 1.08. The number of ether oxygens (including phenoxy) is 1. The van der Waals surface area contributed by atoms with Gasteiger partial charge < -0.3 is 24.8 Å². The van der Waals surface area contributed by atoms with E-state index in [4.69, 9.17) is 31.3 Å². The number of H-pyrrole nitrogens is 1. The molecular formula is C37H36ClN9OS. The molecule has 248 valence electrons. The summed E-state index contributed by atoms with van der Waals surface area (Å²) >= 11 is 8.01. The molecule has 0 spiro atoms. The molecule has 4 aromatic heterocycles. The van der Waals surface area contributed by atoms with Crippen LogP contribution in [-0.2, 0) is 6.42 Å². The van der Waals surface area contributed by atoms with E-state index in [0.29, 0.717) is 18.4 Å². The topological polar surface area (TPSA) is 99.5 Å². The number of fused-ring (bicyclic) bond motifs is 2. The summed E-state index contributed by atoms with van der Waals surface area (Å²) in [6.07, 6.45) is 6.71. The number of hydrogen-bond donors (Lipinski definition) is 2. The summed E-state index contributed by atoms with van der Waals surface area (Å²) in [6.45, 7) is 2.04. The minimum Gasteiger partial charge on any atom is -0.494 e. The Bertz CT molecular complexity index is 2270. The van der Waals surface area contributed by atoms with Crippen LogP contribution in [0.15, 0.2) is 84.5 Å². The number of aromatic nitrogens is 6. The number of rotatable bonds is 9. The van der Waals surface area contributed by atoms with Gasteiger partial charge in [-0.2, -0.15) is 0 Å². The SMILES string of the molecule is COc1cc(N2CCC(N(C)C)CC2)ccc1Nc1nccc(-c2c(-c3ccc4nc(Cc5ccccc5Cl)[nH]c4c3)nc3sccn23)n1. The standard InChI is InChI=1S/C37H36ClN9OS/c1-45(2)25-13-16-46(17-14-25)26-9-11-29(32(22-26)48-3)42-36-39-15-12-30(43-36)35-34(44-37-47(35)18-19-49-37)24-8-10-28-31(20-24)41-33(40-28)21-23-6-4-5-7-27(23)38/h4-12,15,18-20,22,25H,13-14,16-17,21H2,1-3H3,(H,40,41)(H,39,42,43). The normalized spacial score (nSPS) is 13.9. The highest BCUT2D eigenvalue weighted by Gasteiger charge is 2.23. The summed E-state index contributed by atoms with van der Waals surface area (Å²) in [6, 6.07) is 22.9.